The van der Waals surface area contributed by atoms with Crippen LogP contribution in [-0.4, -0.2) is 14.1 Å². The van der Waals surface area contributed by atoms with Crippen molar-refractivity contribution < 1.29 is 14.4 Å². The summed E-state index contributed by atoms with van der Waals surface area (Å²) >= 11 is 10.6. The van der Waals surface area contributed by atoms with E-state index in [0.717, 1.165) is 0 Å². The van der Waals surface area contributed by atoms with E-state index in [0.29, 0.717) is 0 Å². The molecule has 0 spiro atoms. The van der Waals surface area contributed by atoms with Crippen LogP contribution in [0.4, 0.5) is 0 Å². The van der Waals surface area contributed by atoms with E-state index in [1.807, 2.05) is 0 Å². The van der Waals surface area contributed by atoms with Crippen molar-refractivity contribution in [3.63, 3.8) is 0 Å². The van der Waals surface area contributed by atoms with Gasteiger partial charge in [0.05, 0.1) is 0 Å². The van der Waals surface area contributed by atoms with Crippen LogP contribution in [0.15, 0.2) is 0 Å². The van der Waals surface area contributed by atoms with Gasteiger partial charge in [-0.15, -0.1) is 33.0 Å². The smallest absolute Gasteiger partial charge is 0.134 e. The molecular formula is C3H8Cl2O3P+. The van der Waals surface area contributed by atoms with E-state index in [4.69, 9.17) is 37.6 Å². The maximum atomic E-state index is 8.70. The van der Waals surface area contributed by atoms with Crippen molar-refractivity contribution in [3.05, 3.63) is 0 Å². The lowest BCUT2D eigenvalue weighted by molar-refractivity contribution is 0.405. The molecule has 0 aliphatic rings. The lowest BCUT2D eigenvalue weighted by Crippen LogP contribution is -1.93. The Morgan fingerprint density at radius 2 is 1.33 bits per heavy atom. The molecule has 0 rings (SSSR count). The summed E-state index contributed by atoms with van der Waals surface area (Å²) in [6, 6.07) is 0. The van der Waals surface area contributed by atoms with E-state index >= 15 is 0 Å². The Hall–Kier alpha value is 0.600. The first-order valence-electron chi connectivity index (χ1n) is 1.96. The van der Waals surface area contributed by atoms with Gasteiger partial charge in [0.2, 0.25) is 0 Å². The molecule has 0 heterocycles. The Balaban J connectivity index is 0. The Morgan fingerprint density at radius 3 is 1.33 bits per heavy atom. The minimum Gasteiger partial charge on any atom is -0.134 e. The van der Waals surface area contributed by atoms with E-state index in [9.17, 15) is 0 Å². The maximum Gasteiger partial charge on any atom is 0.692 e. The maximum absolute atomic E-state index is 8.70. The lowest BCUT2D eigenvalue weighted by Gasteiger charge is -1.98. The number of alkyl halides is 2. The van der Waals surface area contributed by atoms with Gasteiger partial charge < -0.3 is 0 Å². The molecule has 0 bridgehead atoms. The topological polar surface area (TPSA) is 57.5 Å². The highest BCUT2D eigenvalue weighted by Gasteiger charge is 2.03. The molecule has 0 unspecified atom stereocenters. The van der Waals surface area contributed by atoms with Gasteiger partial charge >= 0.3 is 8.25 Å². The highest BCUT2D eigenvalue weighted by Crippen LogP contribution is 2.16. The zero-order valence-corrected chi connectivity index (χ0v) is 7.41. The molecule has 0 atom stereocenters. The van der Waals surface area contributed by atoms with Crippen molar-refractivity contribution in [2.45, 2.75) is 18.2 Å². The van der Waals surface area contributed by atoms with Crippen molar-refractivity contribution in [2.24, 2.45) is 0 Å². The van der Waals surface area contributed by atoms with E-state index in [1.54, 1.807) is 13.8 Å². The van der Waals surface area contributed by atoms with Crippen LogP contribution in [0.2, 0.25) is 0 Å². The highest BCUT2D eigenvalue weighted by atomic mass is 35.5. The van der Waals surface area contributed by atoms with Crippen LogP contribution in [0, 0.1) is 0 Å². The lowest BCUT2D eigenvalue weighted by atomic mass is 10.6. The normalized spacial score (nSPS) is 9.56. The average Bonchev–Trinajstić information content (AvgIpc) is 1.19. The third-order valence-corrected chi connectivity index (χ3v) is 0. The molecule has 0 aliphatic heterocycles. The molecule has 2 N–H and O–H groups in total. The zero-order valence-electron chi connectivity index (χ0n) is 5.01. The summed E-state index contributed by atoms with van der Waals surface area (Å²) in [6.45, 7) is 3.44. The van der Waals surface area contributed by atoms with Gasteiger partial charge in [0, 0.05) is 4.57 Å². The Kier molecular flexibility index (Phi) is 7.36. The van der Waals surface area contributed by atoms with E-state index < -0.39 is 12.6 Å². The molecule has 3 nitrogen and oxygen atoms in total. The highest BCUT2D eigenvalue weighted by molar-refractivity contribution is 7.30. The molecule has 0 aromatic heterocycles. The minimum absolute atomic E-state index is 0.556. The van der Waals surface area contributed by atoms with Crippen molar-refractivity contribution in [1.29, 1.82) is 0 Å². The van der Waals surface area contributed by atoms with Gasteiger partial charge in [-0.3, -0.25) is 0 Å². The second kappa shape index (κ2) is 5.39. The van der Waals surface area contributed by atoms with E-state index in [2.05, 4.69) is 0 Å². The molecule has 56 valence electrons. The van der Waals surface area contributed by atoms with Crippen LogP contribution in [0.25, 0.3) is 0 Å². The molecule has 0 radical (unpaired) electrons. The standard InChI is InChI=1S/C3H6Cl2.HO3P/c1-3(2,4)5;1-4(2)3/h1-2H3;(H-,1,2,3)/p+1. The second-order valence-electron chi connectivity index (χ2n) is 1.58. The summed E-state index contributed by atoms with van der Waals surface area (Å²) in [4.78, 5) is 14.2. The van der Waals surface area contributed by atoms with Crippen LogP contribution in [0.1, 0.15) is 13.8 Å². The Morgan fingerprint density at radius 1 is 1.33 bits per heavy atom. The molecule has 0 aromatic carbocycles. The van der Waals surface area contributed by atoms with Crippen molar-refractivity contribution >= 4 is 31.5 Å². The fourth-order valence-electron chi connectivity index (χ4n) is 0. The average molecular weight is 194 g/mol. The van der Waals surface area contributed by atoms with E-state index in [-0.39, 0.29) is 0 Å². The van der Waals surface area contributed by atoms with E-state index in [1.165, 1.54) is 0 Å². The first kappa shape index (κ1) is 12.3. The number of hydrogen-bond donors (Lipinski definition) is 2. The SMILES string of the molecule is CC(C)(Cl)Cl.O=[P+](O)O. The molecule has 9 heavy (non-hydrogen) atoms. The number of halogens is 2. The fraction of sp³-hybridized carbons (Fsp3) is 1.00. The predicted octanol–water partition coefficient (Wildman–Crippen LogP) is 1.83. The van der Waals surface area contributed by atoms with Gasteiger partial charge in [0.15, 0.2) is 0 Å². The zero-order chi connectivity index (χ0) is 8.08. The summed E-state index contributed by atoms with van der Waals surface area (Å²) in [5, 5.41) is 0. The molecule has 6 heteroatoms. The van der Waals surface area contributed by atoms with Gasteiger partial charge in [0.25, 0.3) is 0 Å². The molecule has 0 aliphatic carbocycles. The molecule has 0 fully saturated rings. The number of rotatable bonds is 0. The molecule has 0 saturated carbocycles. The summed E-state index contributed by atoms with van der Waals surface area (Å²) in [5.41, 5.74) is 0. The van der Waals surface area contributed by atoms with Gasteiger partial charge in [-0.1, -0.05) is 0 Å². The monoisotopic (exact) mass is 193 g/mol. The minimum atomic E-state index is -2.87. The van der Waals surface area contributed by atoms with Crippen molar-refractivity contribution in [3.8, 4) is 0 Å². The van der Waals surface area contributed by atoms with Crippen LogP contribution in [0.5, 0.6) is 0 Å². The third-order valence-electron chi connectivity index (χ3n) is 0. The van der Waals surface area contributed by atoms with Crippen LogP contribution in [0.3, 0.4) is 0 Å². The summed E-state index contributed by atoms with van der Waals surface area (Å²) in [5.74, 6) is 0. The molecule has 0 amide bonds. The van der Waals surface area contributed by atoms with Crippen molar-refractivity contribution in [2.75, 3.05) is 0 Å². The molecule has 0 aromatic rings. The van der Waals surface area contributed by atoms with Gasteiger partial charge in [-0.2, -0.15) is 0 Å². The van der Waals surface area contributed by atoms with Gasteiger partial charge in [-0.05, 0) is 13.8 Å². The molecule has 0 saturated heterocycles. The summed E-state index contributed by atoms with van der Waals surface area (Å²) in [6.07, 6.45) is 0. The quantitative estimate of drug-likeness (QED) is 0.456. The fourth-order valence-corrected chi connectivity index (χ4v) is 0. The summed E-state index contributed by atoms with van der Waals surface area (Å²) in [7, 11) is -2.87. The van der Waals surface area contributed by atoms with Crippen LogP contribution in [-0.2, 0) is 4.57 Å². The second-order valence-corrected chi connectivity index (χ2v) is 4.17. The molecular weight excluding hydrogens is 186 g/mol. The Labute approximate surface area is 64.5 Å². The van der Waals surface area contributed by atoms with Crippen molar-refractivity contribution in [1.82, 2.24) is 0 Å². The van der Waals surface area contributed by atoms with Crippen LogP contribution < -0.4 is 0 Å². The summed E-state index contributed by atoms with van der Waals surface area (Å²) < 4.78 is 8.15. The largest absolute Gasteiger partial charge is 0.692 e. The van der Waals surface area contributed by atoms with Gasteiger partial charge in [0.1, 0.15) is 4.33 Å². The first-order chi connectivity index (χ1) is 3.73. The number of hydrogen-bond acceptors (Lipinski definition) is 1. The third kappa shape index (κ3) is 1040. The van der Waals surface area contributed by atoms with Crippen LogP contribution >= 0.6 is 31.5 Å². The predicted molar refractivity (Wildman–Crippen MR) is 37.8 cm³/mol. The first-order valence-corrected chi connectivity index (χ1v) is 3.88. The Bertz CT molecular complexity index is 79.5. The van der Waals surface area contributed by atoms with Gasteiger partial charge in [-0.25, -0.2) is 0 Å².